The van der Waals surface area contributed by atoms with Crippen molar-refractivity contribution >= 4 is 35.0 Å². The number of hydrogen-bond donors (Lipinski definition) is 2. The number of aromatic hydroxyl groups is 1. The molecular formula is C24H30ClNO5S. The second kappa shape index (κ2) is 13.2. The van der Waals surface area contributed by atoms with Gasteiger partial charge in [-0.25, -0.2) is 0 Å². The van der Waals surface area contributed by atoms with Crippen LogP contribution in [0.1, 0.15) is 57.6 Å². The van der Waals surface area contributed by atoms with Crippen LogP contribution in [-0.4, -0.2) is 34.4 Å². The van der Waals surface area contributed by atoms with E-state index in [0.717, 1.165) is 29.1 Å². The van der Waals surface area contributed by atoms with E-state index in [1.54, 1.807) is 36.9 Å². The Morgan fingerprint density at radius 3 is 2.56 bits per heavy atom. The Labute approximate surface area is 198 Å². The molecule has 174 valence electrons. The molecule has 0 saturated heterocycles. The van der Waals surface area contributed by atoms with Gasteiger partial charge in [0.05, 0.1) is 17.3 Å². The Balaban J connectivity index is 1.94. The quantitative estimate of drug-likeness (QED) is 0.0690. The first-order valence-electron chi connectivity index (χ1n) is 10.8. The summed E-state index contributed by atoms with van der Waals surface area (Å²) in [6, 6.07) is 8.77. The highest BCUT2D eigenvalue weighted by molar-refractivity contribution is 7.99. The second-order valence-electron chi connectivity index (χ2n) is 7.06. The lowest BCUT2D eigenvalue weighted by molar-refractivity contribution is -0.134. The highest BCUT2D eigenvalue weighted by Gasteiger charge is 2.16. The topological polar surface area (TPSA) is 88.4 Å². The Morgan fingerprint density at radius 2 is 1.94 bits per heavy atom. The lowest BCUT2D eigenvalue weighted by atomic mass is 9.99. The van der Waals surface area contributed by atoms with Gasteiger partial charge in [-0.15, -0.1) is 11.8 Å². The monoisotopic (exact) mass is 479 g/mol. The first-order valence-corrected chi connectivity index (χ1v) is 12.1. The summed E-state index contributed by atoms with van der Waals surface area (Å²) in [4.78, 5) is 12.3. The molecule has 0 bridgehead atoms. The third kappa shape index (κ3) is 7.07. The maximum absolute atomic E-state index is 11.4. The van der Waals surface area contributed by atoms with Crippen LogP contribution in [0.3, 0.4) is 0 Å². The Kier molecular flexibility index (Phi) is 10.7. The van der Waals surface area contributed by atoms with Gasteiger partial charge in [-0.3, -0.25) is 4.79 Å². The number of benzene rings is 2. The molecule has 0 aliphatic rings. The van der Waals surface area contributed by atoms with Crippen molar-refractivity contribution in [3.63, 3.8) is 0 Å². The van der Waals surface area contributed by atoms with Crippen molar-refractivity contribution in [3.8, 4) is 17.2 Å². The van der Waals surface area contributed by atoms with E-state index in [1.165, 1.54) is 0 Å². The molecule has 2 N–H and O–H groups in total. The molecule has 0 spiro atoms. The SMILES string of the molecule is CCCc1c(OCCCSc2ccc(OC(=O)CC)cc2Cl)ccc(C(CC)=NO)c1O. The molecule has 32 heavy (non-hydrogen) atoms. The fourth-order valence-corrected chi connectivity index (χ4v) is 4.26. The van der Waals surface area contributed by atoms with Crippen LogP contribution in [0.4, 0.5) is 0 Å². The molecule has 0 aromatic heterocycles. The van der Waals surface area contributed by atoms with Crippen molar-refractivity contribution in [2.24, 2.45) is 5.16 Å². The van der Waals surface area contributed by atoms with E-state index in [1.807, 2.05) is 26.0 Å². The smallest absolute Gasteiger partial charge is 0.310 e. The van der Waals surface area contributed by atoms with Crippen molar-refractivity contribution < 1.29 is 24.6 Å². The van der Waals surface area contributed by atoms with Crippen molar-refractivity contribution in [3.05, 3.63) is 46.5 Å². The summed E-state index contributed by atoms with van der Waals surface area (Å²) in [7, 11) is 0. The minimum Gasteiger partial charge on any atom is -0.507 e. The molecule has 0 aliphatic carbocycles. The summed E-state index contributed by atoms with van der Waals surface area (Å²) >= 11 is 7.90. The van der Waals surface area contributed by atoms with Gasteiger partial charge in [0.1, 0.15) is 17.2 Å². The van der Waals surface area contributed by atoms with Gasteiger partial charge in [0.25, 0.3) is 0 Å². The molecule has 2 aromatic rings. The largest absolute Gasteiger partial charge is 0.507 e. The van der Waals surface area contributed by atoms with Crippen molar-refractivity contribution in [1.82, 2.24) is 0 Å². The van der Waals surface area contributed by atoms with Crippen LogP contribution in [0.15, 0.2) is 40.4 Å². The lowest BCUT2D eigenvalue weighted by Crippen LogP contribution is -2.06. The number of esters is 1. The summed E-state index contributed by atoms with van der Waals surface area (Å²) in [5, 5.41) is 23.7. The number of rotatable bonds is 12. The zero-order chi connectivity index (χ0) is 23.5. The van der Waals surface area contributed by atoms with Crippen LogP contribution in [0.2, 0.25) is 5.02 Å². The molecule has 0 unspecified atom stereocenters. The minimum atomic E-state index is -0.297. The molecule has 2 aromatic carbocycles. The standard InChI is InChI=1S/C24H30ClNO5S/c1-4-8-18-21(11-10-17(24(18)28)20(5-2)26-29)30-13-7-14-32-22-12-9-16(15-19(22)25)31-23(27)6-3/h9-12,15,28-29H,4-8,13-14H2,1-3H3. The highest BCUT2D eigenvalue weighted by Crippen LogP contribution is 2.34. The summed E-state index contributed by atoms with van der Waals surface area (Å²) in [6.07, 6.45) is 3.11. The van der Waals surface area contributed by atoms with E-state index >= 15 is 0 Å². The van der Waals surface area contributed by atoms with Gasteiger partial charge >= 0.3 is 5.97 Å². The van der Waals surface area contributed by atoms with Crippen LogP contribution in [0, 0.1) is 0 Å². The van der Waals surface area contributed by atoms with Crippen LogP contribution < -0.4 is 9.47 Å². The molecule has 0 radical (unpaired) electrons. The predicted molar refractivity (Wildman–Crippen MR) is 129 cm³/mol. The molecule has 0 heterocycles. The first-order chi connectivity index (χ1) is 15.4. The number of phenols is 1. The molecule has 0 amide bonds. The molecule has 2 rings (SSSR count). The van der Waals surface area contributed by atoms with Crippen molar-refractivity contribution in [1.29, 1.82) is 0 Å². The number of carbonyl (C=O) groups excluding carboxylic acids is 1. The van der Waals surface area contributed by atoms with E-state index < -0.39 is 0 Å². The van der Waals surface area contributed by atoms with Crippen LogP contribution >= 0.6 is 23.4 Å². The van der Waals surface area contributed by atoms with Gasteiger partial charge in [0, 0.05) is 34.3 Å². The molecule has 0 atom stereocenters. The van der Waals surface area contributed by atoms with Gasteiger partial charge in [-0.05, 0) is 43.5 Å². The minimum absolute atomic E-state index is 0.115. The van der Waals surface area contributed by atoms with Gasteiger partial charge in [0.15, 0.2) is 0 Å². The predicted octanol–water partition coefficient (Wildman–Crippen LogP) is 6.46. The first kappa shape index (κ1) is 25.9. The lowest BCUT2D eigenvalue weighted by Gasteiger charge is -2.16. The van der Waals surface area contributed by atoms with E-state index in [4.69, 9.17) is 21.1 Å². The number of halogens is 1. The van der Waals surface area contributed by atoms with Gasteiger partial charge in [-0.1, -0.05) is 43.9 Å². The Morgan fingerprint density at radius 1 is 1.16 bits per heavy atom. The number of phenolic OH excluding ortho intramolecular Hbond substituents is 1. The molecule has 0 aliphatic heterocycles. The van der Waals surface area contributed by atoms with E-state index in [-0.39, 0.29) is 11.7 Å². The Hall–Kier alpha value is -2.38. The van der Waals surface area contributed by atoms with Gasteiger partial charge < -0.3 is 19.8 Å². The number of hydrogen-bond acceptors (Lipinski definition) is 7. The third-order valence-corrected chi connectivity index (χ3v) is 6.32. The molecule has 6 nitrogen and oxygen atoms in total. The average molecular weight is 480 g/mol. The van der Waals surface area contributed by atoms with E-state index in [2.05, 4.69) is 5.16 Å². The molecular weight excluding hydrogens is 450 g/mol. The van der Waals surface area contributed by atoms with Crippen LogP contribution in [0.25, 0.3) is 0 Å². The van der Waals surface area contributed by atoms with Crippen molar-refractivity contribution in [2.75, 3.05) is 12.4 Å². The van der Waals surface area contributed by atoms with Crippen LogP contribution in [0.5, 0.6) is 17.2 Å². The molecule has 0 saturated carbocycles. The van der Waals surface area contributed by atoms with Crippen molar-refractivity contribution in [2.45, 2.75) is 57.8 Å². The highest BCUT2D eigenvalue weighted by atomic mass is 35.5. The number of thioether (sulfide) groups is 1. The maximum Gasteiger partial charge on any atom is 0.310 e. The Bertz CT molecular complexity index is 948. The van der Waals surface area contributed by atoms with Crippen LogP contribution in [-0.2, 0) is 11.2 Å². The number of carbonyl (C=O) groups is 1. The summed E-state index contributed by atoms with van der Waals surface area (Å²) in [5.41, 5.74) is 1.70. The molecule has 8 heteroatoms. The fourth-order valence-electron chi connectivity index (χ4n) is 3.08. The summed E-state index contributed by atoms with van der Waals surface area (Å²) in [5.74, 6) is 1.70. The van der Waals surface area contributed by atoms with E-state index in [0.29, 0.717) is 53.7 Å². The average Bonchev–Trinajstić information content (AvgIpc) is 2.78. The zero-order valence-corrected chi connectivity index (χ0v) is 20.3. The maximum atomic E-state index is 11.4. The molecule has 0 fully saturated rings. The van der Waals surface area contributed by atoms with Gasteiger partial charge in [-0.2, -0.15) is 0 Å². The fraction of sp³-hybridized carbons (Fsp3) is 0.417. The summed E-state index contributed by atoms with van der Waals surface area (Å²) < 4.78 is 11.1. The third-order valence-electron chi connectivity index (χ3n) is 4.73. The number of oxime groups is 1. The number of nitrogens with zero attached hydrogens (tertiary/aromatic N) is 1. The second-order valence-corrected chi connectivity index (χ2v) is 8.60. The van der Waals surface area contributed by atoms with E-state index in [9.17, 15) is 15.1 Å². The summed E-state index contributed by atoms with van der Waals surface area (Å²) in [6.45, 7) is 6.13. The normalized spacial score (nSPS) is 11.4. The zero-order valence-electron chi connectivity index (χ0n) is 18.7. The number of ether oxygens (including phenoxy) is 2. The van der Waals surface area contributed by atoms with Gasteiger partial charge in [0.2, 0.25) is 0 Å².